The van der Waals surface area contributed by atoms with Crippen molar-refractivity contribution in [2.75, 3.05) is 13.2 Å². The first kappa shape index (κ1) is 25.2. The van der Waals surface area contributed by atoms with Gasteiger partial charge in [-0.25, -0.2) is 0 Å². The third kappa shape index (κ3) is 4.18. The summed E-state index contributed by atoms with van der Waals surface area (Å²) in [4.78, 5) is 31.6. The van der Waals surface area contributed by atoms with Crippen LogP contribution >= 0.6 is 23.2 Å². The smallest absolute Gasteiger partial charge is 0.318 e. The van der Waals surface area contributed by atoms with E-state index in [9.17, 15) is 14.9 Å². The van der Waals surface area contributed by atoms with Crippen LogP contribution < -0.4 is 0 Å². The molecule has 1 heterocycles. The molecule has 4 atom stereocenters. The highest BCUT2D eigenvalue weighted by molar-refractivity contribution is 6.42. The van der Waals surface area contributed by atoms with Gasteiger partial charge in [0.2, 0.25) is 0 Å². The Hall–Kier alpha value is -2.10. The van der Waals surface area contributed by atoms with Crippen LogP contribution in [0.15, 0.2) is 23.2 Å². The molecule has 0 amide bonds. The quantitative estimate of drug-likeness (QED) is 0.504. The van der Waals surface area contributed by atoms with Crippen LogP contribution in [0.1, 0.15) is 58.9 Å². The molecule has 1 aromatic carbocycles. The van der Waals surface area contributed by atoms with E-state index in [2.05, 4.69) is 6.07 Å². The second-order valence-corrected chi connectivity index (χ2v) is 8.59. The molecule has 8 heteroatoms. The molecular weight excluding hydrogens is 439 g/mol. The Balaban J connectivity index is 2.97. The minimum atomic E-state index is -1.32. The van der Waals surface area contributed by atoms with E-state index in [1.54, 1.807) is 52.8 Å². The maximum absolute atomic E-state index is 13.6. The Morgan fingerprint density at radius 1 is 1.19 bits per heavy atom. The third-order valence-corrected chi connectivity index (χ3v) is 7.11. The highest BCUT2D eigenvalue weighted by atomic mass is 35.5. The van der Waals surface area contributed by atoms with Gasteiger partial charge in [0.1, 0.15) is 5.41 Å². The summed E-state index contributed by atoms with van der Waals surface area (Å²) in [7, 11) is 0. The monoisotopic (exact) mass is 466 g/mol. The molecule has 0 saturated carbocycles. The van der Waals surface area contributed by atoms with Crippen LogP contribution in [0.2, 0.25) is 10.0 Å². The highest BCUT2D eigenvalue weighted by Gasteiger charge is 2.64. The van der Waals surface area contributed by atoms with Gasteiger partial charge in [0, 0.05) is 18.1 Å². The molecule has 0 aromatic heterocycles. The summed E-state index contributed by atoms with van der Waals surface area (Å²) in [5.74, 6) is -1.84. The van der Waals surface area contributed by atoms with Crippen molar-refractivity contribution in [3.63, 3.8) is 0 Å². The van der Waals surface area contributed by atoms with Gasteiger partial charge in [-0.15, -0.1) is 0 Å². The van der Waals surface area contributed by atoms with Crippen molar-refractivity contribution >= 4 is 40.9 Å². The first-order valence-corrected chi connectivity index (χ1v) is 11.1. The maximum Gasteiger partial charge on any atom is 0.318 e. The number of hydrogen-bond acceptors (Lipinski definition) is 6. The van der Waals surface area contributed by atoms with E-state index in [-0.39, 0.29) is 31.1 Å². The SMILES string of the molecule is CCOC(=O)C1(C)C(C)=NC(C)C(CCC#N)(C(=O)OCC)C1c1cccc(Cl)c1Cl. The number of carbonyl (C=O) groups excluding carboxylic acids is 2. The van der Waals surface area contributed by atoms with Gasteiger partial charge >= 0.3 is 11.9 Å². The summed E-state index contributed by atoms with van der Waals surface area (Å²) in [6, 6.07) is 6.67. The van der Waals surface area contributed by atoms with Crippen molar-refractivity contribution in [1.82, 2.24) is 0 Å². The lowest BCUT2D eigenvalue weighted by Gasteiger charge is -2.52. The molecule has 0 fully saturated rings. The number of nitrogens with zero attached hydrogens (tertiary/aromatic N) is 2. The molecular formula is C23H28Cl2N2O4. The predicted octanol–water partition coefficient (Wildman–Crippen LogP) is 5.36. The first-order valence-electron chi connectivity index (χ1n) is 10.3. The van der Waals surface area contributed by atoms with E-state index in [0.717, 1.165) is 0 Å². The molecule has 0 bridgehead atoms. The zero-order chi connectivity index (χ0) is 23.4. The first-order chi connectivity index (χ1) is 14.6. The average Bonchev–Trinajstić information content (AvgIpc) is 2.72. The molecule has 0 radical (unpaired) electrons. The van der Waals surface area contributed by atoms with Crippen LogP contribution in [0.3, 0.4) is 0 Å². The van der Waals surface area contributed by atoms with Crippen molar-refractivity contribution in [2.45, 2.75) is 59.4 Å². The lowest BCUT2D eigenvalue weighted by atomic mass is 9.52. The summed E-state index contributed by atoms with van der Waals surface area (Å²) < 4.78 is 10.9. The molecule has 2 rings (SSSR count). The van der Waals surface area contributed by atoms with Crippen molar-refractivity contribution < 1.29 is 19.1 Å². The van der Waals surface area contributed by atoms with E-state index >= 15 is 0 Å². The topological polar surface area (TPSA) is 88.8 Å². The molecule has 168 valence electrons. The van der Waals surface area contributed by atoms with Crippen LogP contribution in [0, 0.1) is 22.2 Å². The molecule has 1 aliphatic rings. The second kappa shape index (κ2) is 10.0. The average molecular weight is 467 g/mol. The molecule has 4 unspecified atom stereocenters. The van der Waals surface area contributed by atoms with Crippen LogP contribution in [0.4, 0.5) is 0 Å². The summed E-state index contributed by atoms with van der Waals surface area (Å²) in [5.41, 5.74) is -1.59. The van der Waals surface area contributed by atoms with E-state index in [0.29, 0.717) is 16.3 Å². The summed E-state index contributed by atoms with van der Waals surface area (Å²) in [6.07, 6.45) is 0.216. The van der Waals surface area contributed by atoms with Crippen molar-refractivity contribution in [3.05, 3.63) is 33.8 Å². The molecule has 0 aliphatic carbocycles. The second-order valence-electron chi connectivity index (χ2n) is 7.81. The van der Waals surface area contributed by atoms with E-state index in [1.165, 1.54) is 0 Å². The van der Waals surface area contributed by atoms with Gasteiger partial charge in [-0.05, 0) is 52.7 Å². The fourth-order valence-electron chi connectivity index (χ4n) is 4.66. The minimum absolute atomic E-state index is 0.0747. The Labute approximate surface area is 193 Å². The van der Waals surface area contributed by atoms with Gasteiger partial charge in [-0.2, -0.15) is 5.26 Å². The highest BCUT2D eigenvalue weighted by Crippen LogP contribution is 2.59. The molecule has 0 spiro atoms. The Morgan fingerprint density at radius 3 is 2.39 bits per heavy atom. The van der Waals surface area contributed by atoms with Gasteiger partial charge in [-0.1, -0.05) is 35.3 Å². The lowest BCUT2D eigenvalue weighted by Crippen LogP contribution is -2.59. The number of benzene rings is 1. The Kier molecular flexibility index (Phi) is 8.13. The third-order valence-electron chi connectivity index (χ3n) is 6.27. The van der Waals surface area contributed by atoms with Gasteiger partial charge in [0.25, 0.3) is 0 Å². The fraction of sp³-hybridized carbons (Fsp3) is 0.565. The zero-order valence-electron chi connectivity index (χ0n) is 18.5. The van der Waals surface area contributed by atoms with Gasteiger partial charge in [0.15, 0.2) is 0 Å². The fourth-order valence-corrected chi connectivity index (χ4v) is 5.07. The maximum atomic E-state index is 13.6. The van der Waals surface area contributed by atoms with Crippen molar-refractivity contribution in [3.8, 4) is 6.07 Å². The van der Waals surface area contributed by atoms with E-state index < -0.39 is 34.7 Å². The van der Waals surface area contributed by atoms with Crippen LogP contribution in [0.5, 0.6) is 0 Å². The number of hydrogen-bond donors (Lipinski definition) is 0. The normalized spacial score (nSPS) is 27.7. The molecule has 1 aliphatic heterocycles. The van der Waals surface area contributed by atoms with Crippen LogP contribution in [-0.2, 0) is 19.1 Å². The summed E-state index contributed by atoms with van der Waals surface area (Å²) >= 11 is 13.0. The van der Waals surface area contributed by atoms with Crippen molar-refractivity contribution in [2.24, 2.45) is 15.8 Å². The van der Waals surface area contributed by atoms with Crippen LogP contribution in [0.25, 0.3) is 0 Å². The van der Waals surface area contributed by atoms with Crippen molar-refractivity contribution in [1.29, 1.82) is 5.26 Å². The Morgan fingerprint density at radius 2 is 1.81 bits per heavy atom. The molecule has 6 nitrogen and oxygen atoms in total. The largest absolute Gasteiger partial charge is 0.465 e. The number of rotatable bonds is 7. The van der Waals surface area contributed by atoms with Gasteiger partial charge in [-0.3, -0.25) is 14.6 Å². The standard InChI is InChI=1S/C23H28Cl2N2O4/c1-6-30-20(28)22(5)14(3)27-15(4)23(12-9-13-26,21(29)31-7-2)19(22)16-10-8-11-17(24)18(16)25/h8,10-11,15,19H,6-7,9,12H2,1-5H3. The summed E-state index contributed by atoms with van der Waals surface area (Å²) in [5, 5.41) is 9.91. The van der Waals surface area contributed by atoms with E-state index in [1.807, 2.05) is 0 Å². The lowest BCUT2D eigenvalue weighted by molar-refractivity contribution is -0.166. The number of halogens is 2. The molecule has 0 saturated heterocycles. The molecule has 0 N–H and O–H groups in total. The van der Waals surface area contributed by atoms with Crippen LogP contribution in [-0.4, -0.2) is 36.9 Å². The Bertz CT molecular complexity index is 927. The zero-order valence-corrected chi connectivity index (χ0v) is 20.0. The predicted molar refractivity (Wildman–Crippen MR) is 120 cm³/mol. The number of esters is 2. The van der Waals surface area contributed by atoms with E-state index in [4.69, 9.17) is 37.7 Å². The minimum Gasteiger partial charge on any atom is -0.465 e. The number of ether oxygens (including phenoxy) is 2. The number of aliphatic imine (C=N–C) groups is 1. The number of carbonyl (C=O) groups is 2. The number of nitriles is 1. The molecule has 1 aromatic rings. The molecule has 31 heavy (non-hydrogen) atoms. The summed E-state index contributed by atoms with van der Waals surface area (Å²) in [6.45, 7) is 9.00. The van der Waals surface area contributed by atoms with Gasteiger partial charge < -0.3 is 9.47 Å². The van der Waals surface area contributed by atoms with Gasteiger partial charge in [0.05, 0.1) is 40.8 Å².